The molecule has 5 rings (SSSR count). The summed E-state index contributed by atoms with van der Waals surface area (Å²) in [6, 6.07) is 1.55. The van der Waals surface area contributed by atoms with Gasteiger partial charge in [-0.2, -0.15) is 0 Å². The number of nitrogens with zero attached hydrogens (tertiary/aromatic N) is 5. The van der Waals surface area contributed by atoms with E-state index in [2.05, 4.69) is 9.71 Å². The average Bonchev–Trinajstić information content (AvgIpc) is 3.34. The van der Waals surface area contributed by atoms with Gasteiger partial charge in [-0.15, -0.1) is 0 Å². The monoisotopic (exact) mass is 504 g/mol. The number of piperazine rings is 1. The number of imidazole rings is 1. The lowest BCUT2D eigenvalue weighted by molar-refractivity contribution is 0.00824. The molecule has 1 aliphatic heterocycles. The SMILES string of the molecule is CN(C)C(=O)N1CCN(c2cc(S(=O)(=O)NC3(C)CC3)cn3c(C(=O)OC4CCC4)cnc23)CC1. The van der Waals surface area contributed by atoms with Gasteiger partial charge < -0.3 is 19.4 Å². The number of hydrogen-bond acceptors (Lipinski definition) is 7. The molecule has 0 unspecified atom stereocenters. The molecule has 2 aliphatic carbocycles. The number of rotatable bonds is 6. The molecule has 1 N–H and O–H groups in total. The van der Waals surface area contributed by atoms with Crippen molar-refractivity contribution in [3.63, 3.8) is 0 Å². The Morgan fingerprint density at radius 1 is 1.17 bits per heavy atom. The predicted molar refractivity (Wildman–Crippen MR) is 129 cm³/mol. The molecule has 11 nitrogen and oxygen atoms in total. The minimum Gasteiger partial charge on any atom is -0.458 e. The Morgan fingerprint density at radius 3 is 2.43 bits per heavy atom. The molecule has 12 heteroatoms. The number of amides is 2. The third-order valence-electron chi connectivity index (χ3n) is 7.06. The van der Waals surface area contributed by atoms with Crippen molar-refractivity contribution >= 4 is 33.4 Å². The molecule has 0 spiro atoms. The molecule has 2 saturated carbocycles. The van der Waals surface area contributed by atoms with Crippen LogP contribution in [-0.2, 0) is 14.8 Å². The molecular weight excluding hydrogens is 472 g/mol. The Morgan fingerprint density at radius 2 is 1.86 bits per heavy atom. The van der Waals surface area contributed by atoms with Crippen LogP contribution in [0.4, 0.5) is 10.5 Å². The van der Waals surface area contributed by atoms with E-state index < -0.39 is 21.5 Å². The minimum absolute atomic E-state index is 0.0603. The quantitative estimate of drug-likeness (QED) is 0.595. The summed E-state index contributed by atoms with van der Waals surface area (Å²) in [7, 11) is -0.395. The van der Waals surface area contributed by atoms with Crippen molar-refractivity contribution < 1.29 is 22.7 Å². The molecular formula is C23H32N6O5S. The molecule has 2 aromatic rings. The molecule has 35 heavy (non-hydrogen) atoms. The Labute approximate surface area is 205 Å². The van der Waals surface area contributed by atoms with Gasteiger partial charge in [-0.05, 0) is 45.1 Å². The van der Waals surface area contributed by atoms with Crippen LogP contribution in [0.2, 0.25) is 0 Å². The molecule has 0 atom stereocenters. The Balaban J connectivity index is 1.51. The smallest absolute Gasteiger partial charge is 0.357 e. The van der Waals surface area contributed by atoms with Gasteiger partial charge >= 0.3 is 12.0 Å². The number of pyridine rings is 1. The van der Waals surface area contributed by atoms with Crippen LogP contribution in [-0.4, -0.2) is 91.5 Å². The number of fused-ring (bicyclic) bond motifs is 1. The number of carbonyl (C=O) groups is 2. The standard InChI is InChI=1S/C23H32N6O5S/c1-23(7-8-23)25-35(32,33)17-13-18(27-9-11-28(12-10-27)22(31)26(2)3)20-24-14-19(29(20)15-17)21(30)34-16-5-4-6-16/h13-16,25H,4-12H2,1-3H3. The number of carbonyl (C=O) groups excluding carboxylic acids is 2. The van der Waals surface area contributed by atoms with Gasteiger partial charge in [0.25, 0.3) is 0 Å². The van der Waals surface area contributed by atoms with Crippen molar-refractivity contribution in [1.82, 2.24) is 23.9 Å². The van der Waals surface area contributed by atoms with E-state index in [4.69, 9.17) is 4.74 Å². The molecule has 1 saturated heterocycles. The first-order chi connectivity index (χ1) is 16.6. The van der Waals surface area contributed by atoms with E-state index in [1.807, 2.05) is 11.8 Å². The highest BCUT2D eigenvalue weighted by atomic mass is 32.2. The fourth-order valence-electron chi connectivity index (χ4n) is 4.37. The van der Waals surface area contributed by atoms with Crippen LogP contribution >= 0.6 is 0 Å². The molecule has 0 radical (unpaired) electrons. The van der Waals surface area contributed by atoms with Gasteiger partial charge in [-0.25, -0.2) is 27.7 Å². The van der Waals surface area contributed by atoms with E-state index in [9.17, 15) is 18.0 Å². The maximum Gasteiger partial charge on any atom is 0.357 e. The van der Waals surface area contributed by atoms with Crippen LogP contribution in [0.25, 0.3) is 5.65 Å². The second-order valence-corrected chi connectivity index (χ2v) is 11.9. The first kappa shape index (κ1) is 23.9. The Hall–Kier alpha value is -2.86. The average molecular weight is 505 g/mol. The first-order valence-electron chi connectivity index (χ1n) is 12.0. The molecule has 2 aromatic heterocycles. The zero-order chi connectivity index (χ0) is 25.0. The number of anilines is 1. The van der Waals surface area contributed by atoms with Gasteiger partial charge in [0.15, 0.2) is 11.3 Å². The van der Waals surface area contributed by atoms with Gasteiger partial charge in [0.1, 0.15) is 11.0 Å². The summed E-state index contributed by atoms with van der Waals surface area (Å²) in [6.45, 7) is 3.89. The normalized spacial score (nSPS) is 20.0. The summed E-state index contributed by atoms with van der Waals surface area (Å²) in [5.74, 6) is -0.508. The maximum atomic E-state index is 13.3. The number of urea groups is 1. The van der Waals surface area contributed by atoms with Gasteiger partial charge in [0.05, 0.1) is 11.9 Å². The fraction of sp³-hybridized carbons (Fsp3) is 0.609. The molecule has 2 amide bonds. The van der Waals surface area contributed by atoms with E-state index in [1.54, 1.807) is 30.0 Å². The van der Waals surface area contributed by atoms with Crippen LogP contribution in [0, 0.1) is 0 Å². The third kappa shape index (κ3) is 4.68. The summed E-state index contributed by atoms with van der Waals surface area (Å²) in [4.78, 5) is 35.1. The summed E-state index contributed by atoms with van der Waals surface area (Å²) in [5, 5.41) is 0. The zero-order valence-corrected chi connectivity index (χ0v) is 21.2. The van der Waals surface area contributed by atoms with Crippen LogP contribution < -0.4 is 9.62 Å². The van der Waals surface area contributed by atoms with Crippen LogP contribution in [0.3, 0.4) is 0 Å². The second-order valence-electron chi connectivity index (χ2n) is 10.2. The second kappa shape index (κ2) is 8.66. The van der Waals surface area contributed by atoms with Crippen molar-refractivity contribution in [3.8, 4) is 0 Å². The first-order valence-corrected chi connectivity index (χ1v) is 13.5. The molecule has 3 aliphatic rings. The van der Waals surface area contributed by atoms with Crippen molar-refractivity contribution in [1.29, 1.82) is 0 Å². The van der Waals surface area contributed by atoms with Crippen molar-refractivity contribution in [2.75, 3.05) is 45.2 Å². The van der Waals surface area contributed by atoms with Crippen LogP contribution in [0.15, 0.2) is 23.4 Å². The lowest BCUT2D eigenvalue weighted by atomic mass is 9.96. The Kier molecular flexibility index (Phi) is 5.91. The summed E-state index contributed by atoms with van der Waals surface area (Å²) < 4.78 is 36.5. The van der Waals surface area contributed by atoms with Gasteiger partial charge in [-0.1, -0.05) is 0 Å². The lowest BCUT2D eigenvalue weighted by Crippen LogP contribution is -2.51. The number of esters is 1. The number of aromatic nitrogens is 2. The van der Waals surface area contributed by atoms with Gasteiger partial charge in [0.2, 0.25) is 10.0 Å². The molecule has 3 heterocycles. The zero-order valence-electron chi connectivity index (χ0n) is 20.4. The largest absolute Gasteiger partial charge is 0.458 e. The van der Waals surface area contributed by atoms with E-state index in [1.165, 1.54) is 16.8 Å². The van der Waals surface area contributed by atoms with E-state index in [-0.39, 0.29) is 22.7 Å². The van der Waals surface area contributed by atoms with Crippen molar-refractivity contribution in [2.45, 2.75) is 55.6 Å². The molecule has 3 fully saturated rings. The molecule has 0 bridgehead atoms. The van der Waals surface area contributed by atoms with E-state index in [0.29, 0.717) is 37.5 Å². The highest BCUT2D eigenvalue weighted by molar-refractivity contribution is 7.89. The minimum atomic E-state index is -3.83. The highest BCUT2D eigenvalue weighted by Crippen LogP contribution is 2.37. The fourth-order valence-corrected chi connectivity index (χ4v) is 5.85. The van der Waals surface area contributed by atoms with E-state index in [0.717, 1.165) is 32.1 Å². The number of ether oxygens (including phenoxy) is 1. The molecule has 0 aromatic carbocycles. The van der Waals surface area contributed by atoms with Crippen molar-refractivity contribution in [3.05, 3.63) is 24.2 Å². The third-order valence-corrected chi connectivity index (χ3v) is 8.67. The summed E-state index contributed by atoms with van der Waals surface area (Å²) in [6.07, 6.45) is 7.07. The number of sulfonamides is 1. The highest BCUT2D eigenvalue weighted by Gasteiger charge is 2.41. The topological polar surface area (TPSA) is 117 Å². The predicted octanol–water partition coefficient (Wildman–Crippen LogP) is 1.68. The summed E-state index contributed by atoms with van der Waals surface area (Å²) in [5.41, 5.74) is 0.847. The van der Waals surface area contributed by atoms with Crippen LogP contribution in [0.5, 0.6) is 0 Å². The molecule has 190 valence electrons. The Bertz CT molecular complexity index is 1260. The van der Waals surface area contributed by atoms with Crippen LogP contribution in [0.1, 0.15) is 49.5 Å². The maximum absolute atomic E-state index is 13.3. The van der Waals surface area contributed by atoms with E-state index >= 15 is 0 Å². The summed E-state index contributed by atoms with van der Waals surface area (Å²) >= 11 is 0. The van der Waals surface area contributed by atoms with Gasteiger partial charge in [-0.3, -0.25) is 4.40 Å². The number of nitrogens with one attached hydrogen (secondary N) is 1. The lowest BCUT2D eigenvalue weighted by Gasteiger charge is -2.37. The van der Waals surface area contributed by atoms with Crippen molar-refractivity contribution in [2.24, 2.45) is 0 Å². The number of hydrogen-bond donors (Lipinski definition) is 1. The van der Waals surface area contributed by atoms with Gasteiger partial charge in [0, 0.05) is 52.0 Å².